The lowest BCUT2D eigenvalue weighted by Crippen LogP contribution is -2.51. The van der Waals surface area contributed by atoms with E-state index in [1.807, 2.05) is 25.7 Å². The first-order valence-corrected chi connectivity index (χ1v) is 9.61. The van der Waals surface area contributed by atoms with Crippen molar-refractivity contribution in [2.24, 2.45) is 0 Å². The summed E-state index contributed by atoms with van der Waals surface area (Å²) in [5, 5.41) is 3.76. The van der Waals surface area contributed by atoms with Crippen LogP contribution in [0.4, 0.5) is 10.5 Å². The van der Waals surface area contributed by atoms with Crippen molar-refractivity contribution in [2.75, 3.05) is 5.32 Å². The van der Waals surface area contributed by atoms with Gasteiger partial charge in [0.25, 0.3) is 0 Å². The number of nitrogens with zero attached hydrogens (tertiary/aromatic N) is 1. The summed E-state index contributed by atoms with van der Waals surface area (Å²) in [5.74, 6) is 0.502. The second kappa shape index (κ2) is 6.89. The summed E-state index contributed by atoms with van der Waals surface area (Å²) >= 11 is 0. The number of amides is 1. The smallest absolute Gasteiger partial charge is 0.410 e. The number of fused-ring (bicyclic) bond motifs is 2. The zero-order valence-corrected chi connectivity index (χ0v) is 16.2. The van der Waals surface area contributed by atoms with Crippen molar-refractivity contribution in [1.29, 1.82) is 0 Å². The molecule has 0 saturated carbocycles. The Kier molecular flexibility index (Phi) is 4.99. The minimum Gasteiger partial charge on any atom is -0.444 e. The molecule has 138 valence electrons. The molecule has 0 aromatic heterocycles. The Hall–Kier alpha value is -1.71. The molecule has 1 aromatic carbocycles. The highest BCUT2D eigenvalue weighted by Gasteiger charge is 2.44. The minimum atomic E-state index is -0.429. The zero-order valence-electron chi connectivity index (χ0n) is 16.2. The van der Waals surface area contributed by atoms with Gasteiger partial charge in [-0.25, -0.2) is 4.79 Å². The summed E-state index contributed by atoms with van der Waals surface area (Å²) in [6, 6.07) is 9.62. The van der Waals surface area contributed by atoms with Gasteiger partial charge in [0.15, 0.2) is 0 Å². The topological polar surface area (TPSA) is 41.6 Å². The number of hydrogen-bond acceptors (Lipinski definition) is 3. The van der Waals surface area contributed by atoms with E-state index in [2.05, 4.69) is 43.4 Å². The van der Waals surface area contributed by atoms with Gasteiger partial charge in [0.2, 0.25) is 0 Å². The van der Waals surface area contributed by atoms with Crippen LogP contribution in [0.3, 0.4) is 0 Å². The van der Waals surface area contributed by atoms with Gasteiger partial charge in [0.1, 0.15) is 5.60 Å². The molecule has 2 heterocycles. The molecule has 0 unspecified atom stereocenters. The van der Waals surface area contributed by atoms with Crippen LogP contribution in [0.25, 0.3) is 0 Å². The van der Waals surface area contributed by atoms with Crippen molar-refractivity contribution >= 4 is 11.8 Å². The maximum Gasteiger partial charge on any atom is 0.410 e. The molecule has 3 atom stereocenters. The average Bonchev–Trinajstić information content (AvgIpc) is 2.78. The lowest BCUT2D eigenvalue weighted by molar-refractivity contribution is 0.00683. The van der Waals surface area contributed by atoms with Crippen molar-refractivity contribution in [3.63, 3.8) is 0 Å². The number of nitrogens with one attached hydrogen (secondary N) is 1. The van der Waals surface area contributed by atoms with Crippen LogP contribution in [-0.4, -0.2) is 34.7 Å². The van der Waals surface area contributed by atoms with Crippen LogP contribution in [0.15, 0.2) is 24.3 Å². The SMILES string of the molecule is CC(C)c1ccccc1N[C@@H]1C[C@H]2CC[C@@H](C1)N2C(=O)OC(C)(C)C. The highest BCUT2D eigenvalue weighted by Crippen LogP contribution is 2.38. The number of carbonyl (C=O) groups excluding carboxylic acids is 1. The minimum absolute atomic E-state index is 0.138. The van der Waals surface area contributed by atoms with Crippen LogP contribution in [0, 0.1) is 0 Å². The van der Waals surface area contributed by atoms with E-state index in [0.29, 0.717) is 24.0 Å². The van der Waals surface area contributed by atoms with Crippen LogP contribution in [0.1, 0.15) is 71.8 Å². The van der Waals surface area contributed by atoms with Gasteiger partial charge in [0, 0.05) is 23.8 Å². The third-order valence-electron chi connectivity index (χ3n) is 5.28. The quantitative estimate of drug-likeness (QED) is 0.824. The fourth-order valence-corrected chi connectivity index (χ4v) is 4.26. The summed E-state index contributed by atoms with van der Waals surface area (Å²) in [6.45, 7) is 10.3. The molecule has 0 aliphatic carbocycles. The molecular weight excluding hydrogens is 312 g/mol. The van der Waals surface area contributed by atoms with E-state index in [1.165, 1.54) is 11.3 Å². The first kappa shape index (κ1) is 18.1. The number of carbonyl (C=O) groups is 1. The highest BCUT2D eigenvalue weighted by atomic mass is 16.6. The van der Waals surface area contributed by atoms with Crippen molar-refractivity contribution in [1.82, 2.24) is 4.90 Å². The van der Waals surface area contributed by atoms with E-state index < -0.39 is 5.60 Å². The summed E-state index contributed by atoms with van der Waals surface area (Å²) in [6.07, 6.45) is 4.05. The molecule has 2 fully saturated rings. The Morgan fingerprint density at radius 3 is 2.32 bits per heavy atom. The molecule has 1 N–H and O–H groups in total. The summed E-state index contributed by atoms with van der Waals surface area (Å²) in [5.41, 5.74) is 2.18. The molecular formula is C21H32N2O2. The Balaban J connectivity index is 1.67. The maximum absolute atomic E-state index is 12.6. The summed E-state index contributed by atoms with van der Waals surface area (Å²) < 4.78 is 5.63. The molecule has 0 radical (unpaired) electrons. The van der Waals surface area contributed by atoms with Crippen molar-refractivity contribution in [2.45, 2.75) is 89.9 Å². The first-order chi connectivity index (χ1) is 11.7. The van der Waals surface area contributed by atoms with Crippen LogP contribution in [0.5, 0.6) is 0 Å². The molecule has 2 saturated heterocycles. The number of benzene rings is 1. The molecule has 4 nitrogen and oxygen atoms in total. The van der Waals surface area contributed by atoms with Gasteiger partial charge in [0.05, 0.1) is 0 Å². The second-order valence-electron chi connectivity index (χ2n) is 8.83. The molecule has 0 spiro atoms. The van der Waals surface area contributed by atoms with E-state index in [0.717, 1.165) is 25.7 Å². The van der Waals surface area contributed by atoms with Crippen molar-refractivity contribution < 1.29 is 9.53 Å². The monoisotopic (exact) mass is 344 g/mol. The van der Waals surface area contributed by atoms with E-state index in [9.17, 15) is 4.79 Å². The average molecular weight is 344 g/mol. The van der Waals surface area contributed by atoms with E-state index >= 15 is 0 Å². The maximum atomic E-state index is 12.6. The first-order valence-electron chi connectivity index (χ1n) is 9.61. The van der Waals surface area contributed by atoms with Crippen LogP contribution in [0.2, 0.25) is 0 Å². The lowest BCUT2D eigenvalue weighted by Gasteiger charge is -2.40. The fraction of sp³-hybridized carbons (Fsp3) is 0.667. The number of piperidine rings is 1. The third kappa shape index (κ3) is 4.10. The summed E-state index contributed by atoms with van der Waals surface area (Å²) in [4.78, 5) is 14.6. The Labute approximate surface area is 151 Å². The Morgan fingerprint density at radius 1 is 1.16 bits per heavy atom. The van der Waals surface area contributed by atoms with Gasteiger partial charge < -0.3 is 15.0 Å². The van der Waals surface area contributed by atoms with E-state index in [1.54, 1.807) is 0 Å². The number of ether oxygens (including phenoxy) is 1. The number of rotatable bonds is 3. The van der Waals surface area contributed by atoms with Crippen LogP contribution < -0.4 is 5.32 Å². The van der Waals surface area contributed by atoms with Crippen LogP contribution in [-0.2, 0) is 4.74 Å². The van der Waals surface area contributed by atoms with Gasteiger partial charge in [-0.1, -0.05) is 32.0 Å². The van der Waals surface area contributed by atoms with Gasteiger partial charge in [-0.05, 0) is 64.0 Å². The van der Waals surface area contributed by atoms with Crippen molar-refractivity contribution in [3.8, 4) is 0 Å². The number of para-hydroxylation sites is 1. The van der Waals surface area contributed by atoms with Gasteiger partial charge >= 0.3 is 6.09 Å². The largest absolute Gasteiger partial charge is 0.444 e. The zero-order chi connectivity index (χ0) is 18.2. The summed E-state index contributed by atoms with van der Waals surface area (Å²) in [7, 11) is 0. The molecule has 1 amide bonds. The second-order valence-corrected chi connectivity index (χ2v) is 8.83. The molecule has 3 rings (SSSR count). The van der Waals surface area contributed by atoms with Gasteiger partial charge in [-0.3, -0.25) is 0 Å². The normalized spacial score (nSPS) is 26.0. The number of anilines is 1. The highest BCUT2D eigenvalue weighted by molar-refractivity contribution is 5.70. The van der Waals surface area contributed by atoms with E-state index in [-0.39, 0.29) is 6.09 Å². The van der Waals surface area contributed by atoms with Gasteiger partial charge in [-0.2, -0.15) is 0 Å². The predicted molar refractivity (Wildman–Crippen MR) is 102 cm³/mol. The molecule has 2 bridgehead atoms. The molecule has 1 aromatic rings. The lowest BCUT2D eigenvalue weighted by atomic mass is 9.95. The standard InChI is InChI=1S/C21H32N2O2/c1-14(2)18-8-6-7-9-19(18)22-15-12-16-10-11-17(13-15)23(16)20(24)25-21(3,4)5/h6-9,14-17,22H,10-13H2,1-5H3/t15-,16-,17+. The molecule has 2 aliphatic heterocycles. The van der Waals surface area contributed by atoms with E-state index in [4.69, 9.17) is 4.74 Å². The fourth-order valence-electron chi connectivity index (χ4n) is 4.26. The Morgan fingerprint density at radius 2 is 1.76 bits per heavy atom. The van der Waals surface area contributed by atoms with Crippen LogP contribution >= 0.6 is 0 Å². The Bertz CT molecular complexity index is 607. The van der Waals surface area contributed by atoms with Crippen molar-refractivity contribution in [3.05, 3.63) is 29.8 Å². The molecule has 25 heavy (non-hydrogen) atoms. The molecule has 4 heteroatoms. The molecule has 2 aliphatic rings. The predicted octanol–water partition coefficient (Wildman–Crippen LogP) is 5.15. The number of hydrogen-bond donors (Lipinski definition) is 1. The third-order valence-corrected chi connectivity index (χ3v) is 5.28. The van der Waals surface area contributed by atoms with Gasteiger partial charge in [-0.15, -0.1) is 0 Å².